The highest BCUT2D eigenvalue weighted by atomic mass is 16.1. The highest BCUT2D eigenvalue weighted by Gasteiger charge is 2.19. The van der Waals surface area contributed by atoms with Gasteiger partial charge in [0.1, 0.15) is 5.78 Å². The number of rotatable bonds is 16. The monoisotopic (exact) mass is 395 g/mol. The summed E-state index contributed by atoms with van der Waals surface area (Å²) in [4.78, 5) is 23.8. The molecule has 0 spiro atoms. The van der Waals surface area contributed by atoms with E-state index in [0.29, 0.717) is 31.7 Å². The molecule has 0 fully saturated rings. The molecule has 0 saturated heterocycles. The first-order valence-electron chi connectivity index (χ1n) is 10.8. The Kier molecular flexibility index (Phi) is 13.8. The molecule has 0 aromatic rings. The predicted molar refractivity (Wildman–Crippen MR) is 119 cm³/mol. The van der Waals surface area contributed by atoms with Crippen LogP contribution in [0.5, 0.6) is 0 Å². The molecule has 0 radical (unpaired) electrons. The van der Waals surface area contributed by atoms with Crippen molar-refractivity contribution < 1.29 is 18.6 Å². The normalized spacial score (nSPS) is 12.8. The molecule has 0 heterocycles. The maximum Gasteiger partial charge on any atom is 0.228 e. The van der Waals surface area contributed by atoms with Gasteiger partial charge in [-0.2, -0.15) is 0 Å². The maximum absolute atomic E-state index is 11.9. The summed E-state index contributed by atoms with van der Waals surface area (Å²) in [5.74, 6) is 0.422. The zero-order chi connectivity index (χ0) is 21.5. The quantitative estimate of drug-likeness (QED) is 0.188. The molecule has 0 aliphatic rings. The van der Waals surface area contributed by atoms with E-state index in [4.69, 9.17) is 0 Å². The van der Waals surface area contributed by atoms with Gasteiger partial charge in [-0.15, -0.1) is 0 Å². The van der Waals surface area contributed by atoms with E-state index in [-0.39, 0.29) is 5.91 Å². The standard InChI is InChI=1S/C23H44N3O2/c1-7-9-11-15-22(27)17-20-25(3,4)18-13-14-19-26(5,6)21-24-23(28)16-12-10-8-2/h9-12H,7-8,13-21H2,1-6H3/q+1/p+1/b11-9-,12-10-. The van der Waals surface area contributed by atoms with E-state index < -0.39 is 0 Å². The smallest absolute Gasteiger partial charge is 0.228 e. The van der Waals surface area contributed by atoms with Crippen LogP contribution < -0.4 is 5.32 Å². The molecule has 0 aromatic heterocycles. The van der Waals surface area contributed by atoms with Gasteiger partial charge in [-0.1, -0.05) is 38.2 Å². The van der Waals surface area contributed by atoms with Crippen LogP contribution in [0.25, 0.3) is 0 Å². The van der Waals surface area contributed by atoms with Gasteiger partial charge in [0.2, 0.25) is 5.91 Å². The first kappa shape index (κ1) is 26.5. The molecule has 5 heteroatoms. The SMILES string of the molecule is CC/C=C\CC(=O)CC[N+](C)(C)CCCC[N+](C)(C)CNC(=O)C/C=C\CC. The molecule has 0 atom stereocenters. The van der Waals surface area contributed by atoms with E-state index in [1.54, 1.807) is 0 Å². The fraction of sp³-hybridized carbons (Fsp3) is 0.739. The first-order chi connectivity index (χ1) is 13.1. The molecule has 162 valence electrons. The third kappa shape index (κ3) is 15.6. The van der Waals surface area contributed by atoms with E-state index in [1.165, 1.54) is 0 Å². The number of nitrogens with zero attached hydrogens (tertiary/aromatic N) is 2. The second kappa shape index (κ2) is 14.5. The van der Waals surface area contributed by atoms with Crippen molar-refractivity contribution >= 4 is 11.7 Å². The number of nitrogens with one attached hydrogen (secondary N) is 1. The van der Waals surface area contributed by atoms with E-state index in [0.717, 1.165) is 54.3 Å². The second-order valence-corrected chi connectivity index (χ2v) is 8.96. The molecule has 0 aromatic carbocycles. The molecule has 28 heavy (non-hydrogen) atoms. The summed E-state index contributed by atoms with van der Waals surface area (Å²) < 4.78 is 1.68. The Morgan fingerprint density at radius 2 is 1.29 bits per heavy atom. The lowest BCUT2D eigenvalue weighted by Crippen LogP contribution is -2.49. The van der Waals surface area contributed by atoms with Gasteiger partial charge in [-0.25, -0.2) is 0 Å². The number of ketones is 1. The Morgan fingerprint density at radius 3 is 1.86 bits per heavy atom. The third-order valence-corrected chi connectivity index (χ3v) is 4.93. The van der Waals surface area contributed by atoms with Gasteiger partial charge in [0, 0.05) is 25.7 Å². The minimum Gasteiger partial charge on any atom is -0.328 e. The molecular formula is C23H45N3O2+2. The molecule has 0 aliphatic carbocycles. The van der Waals surface area contributed by atoms with Gasteiger partial charge in [0.05, 0.1) is 54.2 Å². The Balaban J connectivity index is 4.03. The number of amides is 1. The van der Waals surface area contributed by atoms with Crippen molar-refractivity contribution in [2.75, 3.05) is 54.5 Å². The van der Waals surface area contributed by atoms with Crippen LogP contribution >= 0.6 is 0 Å². The van der Waals surface area contributed by atoms with Crippen LogP contribution in [0.3, 0.4) is 0 Å². The average Bonchev–Trinajstić information content (AvgIpc) is 2.63. The van der Waals surface area contributed by atoms with Gasteiger partial charge in [0.15, 0.2) is 6.67 Å². The summed E-state index contributed by atoms with van der Waals surface area (Å²) in [6.07, 6.45) is 13.9. The highest BCUT2D eigenvalue weighted by molar-refractivity contribution is 5.79. The largest absolute Gasteiger partial charge is 0.328 e. The third-order valence-electron chi connectivity index (χ3n) is 4.93. The van der Waals surface area contributed by atoms with Crippen molar-refractivity contribution in [2.24, 2.45) is 0 Å². The fourth-order valence-corrected chi connectivity index (χ4v) is 2.91. The van der Waals surface area contributed by atoms with Gasteiger partial charge in [-0.05, 0) is 12.8 Å². The van der Waals surface area contributed by atoms with Crippen molar-refractivity contribution in [3.05, 3.63) is 24.3 Å². The van der Waals surface area contributed by atoms with E-state index in [9.17, 15) is 9.59 Å². The second-order valence-electron chi connectivity index (χ2n) is 8.96. The number of hydrogen-bond acceptors (Lipinski definition) is 2. The van der Waals surface area contributed by atoms with Crippen LogP contribution in [0, 0.1) is 0 Å². The minimum absolute atomic E-state index is 0.0900. The average molecular weight is 396 g/mol. The van der Waals surface area contributed by atoms with Gasteiger partial charge in [0.25, 0.3) is 0 Å². The molecule has 1 N–H and O–H groups in total. The van der Waals surface area contributed by atoms with Crippen LogP contribution in [0.2, 0.25) is 0 Å². The van der Waals surface area contributed by atoms with Crippen molar-refractivity contribution in [2.45, 2.75) is 58.8 Å². The molecule has 0 bridgehead atoms. The van der Waals surface area contributed by atoms with Crippen molar-refractivity contribution in [3.63, 3.8) is 0 Å². The maximum atomic E-state index is 11.9. The molecule has 5 nitrogen and oxygen atoms in total. The number of unbranched alkanes of at least 4 members (excludes halogenated alkanes) is 1. The summed E-state index contributed by atoms with van der Waals surface area (Å²) >= 11 is 0. The van der Waals surface area contributed by atoms with Crippen LogP contribution in [0.1, 0.15) is 58.8 Å². The number of carbonyl (C=O) groups excluding carboxylic acids is 2. The van der Waals surface area contributed by atoms with Crippen LogP contribution in [-0.4, -0.2) is 75.2 Å². The zero-order valence-electron chi connectivity index (χ0n) is 19.3. The molecule has 0 aliphatic heterocycles. The lowest BCUT2D eigenvalue weighted by atomic mass is 10.1. The van der Waals surface area contributed by atoms with E-state index in [1.807, 2.05) is 18.2 Å². The molecule has 1 amide bonds. The van der Waals surface area contributed by atoms with Gasteiger partial charge < -0.3 is 14.3 Å². The number of quaternary nitrogens is 2. The molecule has 0 unspecified atom stereocenters. The van der Waals surface area contributed by atoms with Crippen molar-refractivity contribution in [1.29, 1.82) is 0 Å². The zero-order valence-corrected chi connectivity index (χ0v) is 19.3. The molecular weight excluding hydrogens is 350 g/mol. The minimum atomic E-state index is 0.0900. The van der Waals surface area contributed by atoms with E-state index in [2.05, 4.69) is 53.4 Å². The van der Waals surface area contributed by atoms with Crippen LogP contribution in [-0.2, 0) is 9.59 Å². The number of Topliss-reactive ketones (excluding diaryl/α,β-unsaturated/α-hetero) is 1. The van der Waals surface area contributed by atoms with Gasteiger partial charge >= 0.3 is 0 Å². The van der Waals surface area contributed by atoms with Gasteiger partial charge in [-0.3, -0.25) is 9.59 Å². The fourth-order valence-electron chi connectivity index (χ4n) is 2.91. The van der Waals surface area contributed by atoms with E-state index >= 15 is 0 Å². The molecule has 0 rings (SSSR count). The Bertz CT molecular complexity index is 462. The summed E-state index contributed by atoms with van der Waals surface area (Å²) in [7, 11) is 8.73. The summed E-state index contributed by atoms with van der Waals surface area (Å²) in [6.45, 7) is 7.82. The van der Waals surface area contributed by atoms with Crippen LogP contribution in [0.4, 0.5) is 0 Å². The number of hydrogen-bond donors (Lipinski definition) is 1. The topological polar surface area (TPSA) is 46.2 Å². The Labute approximate surface area is 173 Å². The predicted octanol–water partition coefficient (Wildman–Crippen LogP) is 3.66. The highest BCUT2D eigenvalue weighted by Crippen LogP contribution is 2.07. The lowest BCUT2D eigenvalue weighted by Gasteiger charge is -2.32. The molecule has 0 saturated carbocycles. The van der Waals surface area contributed by atoms with Crippen molar-refractivity contribution in [3.8, 4) is 0 Å². The van der Waals surface area contributed by atoms with Crippen LogP contribution in [0.15, 0.2) is 24.3 Å². The first-order valence-corrected chi connectivity index (χ1v) is 10.8. The Hall–Kier alpha value is -1.46. The van der Waals surface area contributed by atoms with Crippen molar-refractivity contribution in [1.82, 2.24) is 5.32 Å². The Morgan fingerprint density at radius 1 is 0.750 bits per heavy atom. The summed E-state index contributed by atoms with van der Waals surface area (Å²) in [5, 5.41) is 3.03. The number of carbonyl (C=O) groups is 2. The summed E-state index contributed by atoms with van der Waals surface area (Å²) in [5.41, 5.74) is 0. The summed E-state index contributed by atoms with van der Waals surface area (Å²) in [6, 6.07) is 0. The lowest BCUT2D eigenvalue weighted by molar-refractivity contribution is -0.897. The number of allylic oxidation sites excluding steroid dienone is 3.